The van der Waals surface area contributed by atoms with E-state index >= 15 is 0 Å². The minimum atomic E-state index is 1.03. The zero-order valence-electron chi connectivity index (χ0n) is 7.10. The highest BCUT2D eigenvalue weighted by atomic mass is 15.2. The van der Waals surface area contributed by atoms with Crippen molar-refractivity contribution in [3.63, 3.8) is 0 Å². The van der Waals surface area contributed by atoms with Crippen LogP contribution in [0.2, 0.25) is 0 Å². The van der Waals surface area contributed by atoms with E-state index in [0.717, 1.165) is 19.6 Å². The summed E-state index contributed by atoms with van der Waals surface area (Å²) in [6, 6.07) is 0. The first-order valence-corrected chi connectivity index (χ1v) is 4.36. The number of hydrogen-bond acceptors (Lipinski definition) is 3. The summed E-state index contributed by atoms with van der Waals surface area (Å²) >= 11 is 0. The van der Waals surface area contributed by atoms with Crippen molar-refractivity contribution in [1.82, 2.24) is 15.5 Å². The highest BCUT2D eigenvalue weighted by Crippen LogP contribution is 1.92. The average molecular weight is 156 g/mol. The molecule has 1 rings (SSSR count). The molecule has 1 radical (unpaired) electrons. The van der Waals surface area contributed by atoms with Gasteiger partial charge in [0.15, 0.2) is 0 Å². The van der Waals surface area contributed by atoms with Gasteiger partial charge in [-0.15, -0.1) is 0 Å². The lowest BCUT2D eigenvalue weighted by Crippen LogP contribution is -2.44. The SMILES string of the molecule is [CH2]NCCCN1CCNCC1. The first kappa shape index (κ1) is 8.97. The van der Waals surface area contributed by atoms with Gasteiger partial charge < -0.3 is 15.5 Å². The molecule has 1 fully saturated rings. The number of rotatable bonds is 4. The van der Waals surface area contributed by atoms with Crippen LogP contribution < -0.4 is 10.6 Å². The van der Waals surface area contributed by atoms with Crippen molar-refractivity contribution >= 4 is 0 Å². The van der Waals surface area contributed by atoms with E-state index in [9.17, 15) is 0 Å². The standard InChI is InChI=1S/C8H18N3/c1-9-3-2-6-11-7-4-10-5-8-11/h9-10H,1-8H2. The maximum atomic E-state index is 3.59. The molecular weight excluding hydrogens is 138 g/mol. The van der Waals surface area contributed by atoms with Crippen LogP contribution in [0.4, 0.5) is 0 Å². The molecule has 1 aliphatic heterocycles. The van der Waals surface area contributed by atoms with Crippen LogP contribution in [0.3, 0.4) is 0 Å². The molecule has 65 valence electrons. The van der Waals surface area contributed by atoms with Gasteiger partial charge in [0.1, 0.15) is 0 Å². The lowest BCUT2D eigenvalue weighted by atomic mass is 10.3. The van der Waals surface area contributed by atoms with Crippen LogP contribution in [-0.4, -0.2) is 44.2 Å². The molecule has 3 heteroatoms. The van der Waals surface area contributed by atoms with Crippen LogP contribution in [0.25, 0.3) is 0 Å². The van der Waals surface area contributed by atoms with Crippen LogP contribution in [-0.2, 0) is 0 Å². The van der Waals surface area contributed by atoms with E-state index < -0.39 is 0 Å². The normalized spacial score (nSPS) is 20.5. The lowest BCUT2D eigenvalue weighted by Gasteiger charge is -2.26. The summed E-state index contributed by atoms with van der Waals surface area (Å²) in [5.41, 5.74) is 0. The molecule has 0 aliphatic carbocycles. The Hall–Kier alpha value is -0.120. The van der Waals surface area contributed by atoms with Gasteiger partial charge in [-0.1, -0.05) is 0 Å². The number of hydrogen-bond donors (Lipinski definition) is 2. The molecule has 0 saturated carbocycles. The summed E-state index contributed by atoms with van der Waals surface area (Å²) in [6.07, 6.45) is 1.21. The molecule has 1 saturated heterocycles. The Morgan fingerprint density at radius 1 is 1.36 bits per heavy atom. The zero-order chi connectivity index (χ0) is 7.94. The third kappa shape index (κ3) is 3.70. The van der Waals surface area contributed by atoms with E-state index in [4.69, 9.17) is 0 Å². The molecule has 0 unspecified atom stereocenters. The molecule has 11 heavy (non-hydrogen) atoms. The third-order valence-corrected chi connectivity index (χ3v) is 2.04. The van der Waals surface area contributed by atoms with Gasteiger partial charge in [0.25, 0.3) is 0 Å². The second-order valence-electron chi connectivity index (χ2n) is 2.95. The van der Waals surface area contributed by atoms with Gasteiger partial charge in [-0.2, -0.15) is 0 Å². The fourth-order valence-corrected chi connectivity index (χ4v) is 1.36. The van der Waals surface area contributed by atoms with Crippen molar-refractivity contribution in [2.45, 2.75) is 6.42 Å². The van der Waals surface area contributed by atoms with E-state index in [1.54, 1.807) is 0 Å². The van der Waals surface area contributed by atoms with Gasteiger partial charge in [0, 0.05) is 33.2 Å². The Labute approximate surface area is 69.1 Å². The molecule has 3 nitrogen and oxygen atoms in total. The fraction of sp³-hybridized carbons (Fsp3) is 0.875. The quantitative estimate of drug-likeness (QED) is 0.545. The molecule has 0 aromatic heterocycles. The van der Waals surface area contributed by atoms with Gasteiger partial charge in [-0.3, -0.25) is 0 Å². The Balaban J connectivity index is 1.96. The Bertz CT molecular complexity index is 89.3. The Morgan fingerprint density at radius 2 is 2.09 bits per heavy atom. The zero-order valence-corrected chi connectivity index (χ0v) is 7.10. The predicted molar refractivity (Wildman–Crippen MR) is 47.3 cm³/mol. The maximum Gasteiger partial charge on any atom is 0.0107 e. The van der Waals surface area contributed by atoms with E-state index in [1.165, 1.54) is 26.1 Å². The Morgan fingerprint density at radius 3 is 2.73 bits per heavy atom. The van der Waals surface area contributed by atoms with Gasteiger partial charge in [0.2, 0.25) is 0 Å². The van der Waals surface area contributed by atoms with Crippen molar-refractivity contribution in [1.29, 1.82) is 0 Å². The number of nitrogens with one attached hydrogen (secondary N) is 2. The van der Waals surface area contributed by atoms with E-state index in [2.05, 4.69) is 22.6 Å². The smallest absolute Gasteiger partial charge is 0.0107 e. The summed E-state index contributed by atoms with van der Waals surface area (Å²) in [5.74, 6) is 0. The van der Waals surface area contributed by atoms with Gasteiger partial charge in [-0.05, 0) is 19.5 Å². The number of nitrogens with zero attached hydrogens (tertiary/aromatic N) is 1. The molecule has 1 heterocycles. The summed E-state index contributed by atoms with van der Waals surface area (Å²) in [7, 11) is 3.59. The molecule has 0 aromatic carbocycles. The average Bonchev–Trinajstić information content (AvgIpc) is 2.07. The number of piperazine rings is 1. The monoisotopic (exact) mass is 156 g/mol. The van der Waals surface area contributed by atoms with Crippen molar-refractivity contribution in [2.75, 3.05) is 39.3 Å². The second-order valence-corrected chi connectivity index (χ2v) is 2.95. The topological polar surface area (TPSA) is 27.3 Å². The molecule has 0 atom stereocenters. The minimum Gasteiger partial charge on any atom is -0.315 e. The van der Waals surface area contributed by atoms with Crippen molar-refractivity contribution in [3.8, 4) is 0 Å². The fourth-order valence-electron chi connectivity index (χ4n) is 1.36. The van der Waals surface area contributed by atoms with Crippen molar-refractivity contribution < 1.29 is 0 Å². The highest BCUT2D eigenvalue weighted by molar-refractivity contribution is 4.67. The molecular formula is C8H18N3. The van der Waals surface area contributed by atoms with E-state index in [1.807, 2.05) is 0 Å². The molecule has 0 bridgehead atoms. The predicted octanol–water partition coefficient (Wildman–Crippen LogP) is -0.337. The van der Waals surface area contributed by atoms with Crippen LogP contribution >= 0.6 is 0 Å². The Kier molecular flexibility index (Phi) is 4.50. The van der Waals surface area contributed by atoms with Gasteiger partial charge in [-0.25, -0.2) is 0 Å². The first-order chi connectivity index (χ1) is 5.43. The van der Waals surface area contributed by atoms with Crippen LogP contribution in [0, 0.1) is 7.05 Å². The molecule has 1 aliphatic rings. The second kappa shape index (κ2) is 5.52. The van der Waals surface area contributed by atoms with Gasteiger partial charge in [0.05, 0.1) is 0 Å². The van der Waals surface area contributed by atoms with Crippen LogP contribution in [0.5, 0.6) is 0 Å². The molecule has 0 amide bonds. The van der Waals surface area contributed by atoms with Crippen molar-refractivity contribution in [2.24, 2.45) is 0 Å². The van der Waals surface area contributed by atoms with E-state index in [-0.39, 0.29) is 0 Å². The molecule has 0 aromatic rings. The molecule has 2 N–H and O–H groups in total. The molecule has 0 spiro atoms. The van der Waals surface area contributed by atoms with Crippen molar-refractivity contribution in [3.05, 3.63) is 7.05 Å². The highest BCUT2D eigenvalue weighted by Gasteiger charge is 2.07. The summed E-state index contributed by atoms with van der Waals surface area (Å²) in [6.45, 7) is 6.96. The summed E-state index contributed by atoms with van der Waals surface area (Å²) in [4.78, 5) is 2.49. The minimum absolute atomic E-state index is 1.03. The lowest BCUT2D eigenvalue weighted by molar-refractivity contribution is 0.238. The largest absolute Gasteiger partial charge is 0.315 e. The summed E-state index contributed by atoms with van der Waals surface area (Å²) in [5, 5.41) is 6.25. The third-order valence-electron chi connectivity index (χ3n) is 2.04. The maximum absolute atomic E-state index is 3.59. The van der Waals surface area contributed by atoms with Crippen LogP contribution in [0.1, 0.15) is 6.42 Å². The van der Waals surface area contributed by atoms with Crippen LogP contribution in [0.15, 0.2) is 0 Å². The first-order valence-electron chi connectivity index (χ1n) is 4.36. The summed E-state index contributed by atoms with van der Waals surface area (Å²) < 4.78 is 0. The van der Waals surface area contributed by atoms with Gasteiger partial charge >= 0.3 is 0 Å². The van der Waals surface area contributed by atoms with E-state index in [0.29, 0.717) is 0 Å².